The van der Waals surface area contributed by atoms with E-state index in [9.17, 15) is 0 Å². The molecule has 0 unspecified atom stereocenters. The lowest BCUT2D eigenvalue weighted by molar-refractivity contribution is -0.0614. The molecule has 0 atom stereocenters. The topological polar surface area (TPSA) is 9.23 Å². The predicted molar refractivity (Wildman–Crippen MR) is 98.3 cm³/mol. The van der Waals surface area contributed by atoms with Crippen molar-refractivity contribution in [2.75, 3.05) is 0 Å². The molecule has 0 heterocycles. The molecule has 0 spiro atoms. The second-order valence-electron chi connectivity index (χ2n) is 7.40. The smallest absolute Gasteiger partial charge is 0.0630 e. The molecule has 0 radical (unpaired) electrons. The van der Waals surface area contributed by atoms with Gasteiger partial charge in [-0.2, -0.15) is 0 Å². The maximum atomic E-state index is 5.93. The summed E-state index contributed by atoms with van der Waals surface area (Å²) < 4.78 is 5.93. The number of allylic oxidation sites excluding steroid dienone is 1. The van der Waals surface area contributed by atoms with Crippen LogP contribution < -0.4 is 0 Å². The minimum Gasteiger partial charge on any atom is -0.373 e. The van der Waals surface area contributed by atoms with Gasteiger partial charge in [-0.15, -0.1) is 0 Å². The Bertz CT molecular complexity index is 455. The molecule has 0 saturated carbocycles. The monoisotopic (exact) mass is 302 g/mol. The van der Waals surface area contributed by atoms with Crippen molar-refractivity contribution >= 4 is 6.08 Å². The molecular formula is C21H34O. The number of hydrogen-bond acceptors (Lipinski definition) is 1. The average Bonchev–Trinajstić information content (AvgIpc) is 2.41. The first kappa shape index (κ1) is 19.0. The molecule has 0 bridgehead atoms. The summed E-state index contributed by atoms with van der Waals surface area (Å²) in [5.74, 6) is 0.594. The van der Waals surface area contributed by atoms with E-state index in [1.165, 1.54) is 24.0 Å². The SMILES string of the molecule is CC(C)OC(C)(C)CCCC/C=C/c1cccc(C(C)C)c1. The molecule has 1 nitrogen and oxygen atoms in total. The third-order valence-electron chi connectivity index (χ3n) is 3.84. The number of rotatable bonds is 9. The number of ether oxygens (including phenoxy) is 1. The number of benzene rings is 1. The van der Waals surface area contributed by atoms with E-state index in [1.807, 2.05) is 0 Å². The molecule has 0 aromatic heterocycles. The summed E-state index contributed by atoms with van der Waals surface area (Å²) >= 11 is 0. The molecule has 1 rings (SSSR count). The Balaban J connectivity index is 2.31. The number of unbranched alkanes of at least 4 members (excludes halogenated alkanes) is 2. The van der Waals surface area contributed by atoms with Crippen LogP contribution in [0.5, 0.6) is 0 Å². The molecule has 1 heteroatoms. The van der Waals surface area contributed by atoms with Crippen molar-refractivity contribution < 1.29 is 4.74 Å². The van der Waals surface area contributed by atoms with Crippen LogP contribution in [0.1, 0.15) is 84.3 Å². The van der Waals surface area contributed by atoms with E-state index < -0.39 is 0 Å². The summed E-state index contributed by atoms with van der Waals surface area (Å²) in [6, 6.07) is 8.84. The van der Waals surface area contributed by atoms with Crippen LogP contribution >= 0.6 is 0 Å². The van der Waals surface area contributed by atoms with Gasteiger partial charge in [0.15, 0.2) is 0 Å². The Labute approximate surface area is 137 Å². The van der Waals surface area contributed by atoms with Gasteiger partial charge < -0.3 is 4.74 Å². The second-order valence-corrected chi connectivity index (χ2v) is 7.40. The molecule has 0 aliphatic rings. The predicted octanol–water partition coefficient (Wildman–Crippen LogP) is 6.59. The third-order valence-corrected chi connectivity index (χ3v) is 3.84. The van der Waals surface area contributed by atoms with Crippen LogP contribution in [0.15, 0.2) is 30.3 Å². The van der Waals surface area contributed by atoms with Gasteiger partial charge in [0.05, 0.1) is 11.7 Å². The van der Waals surface area contributed by atoms with Gasteiger partial charge in [0.1, 0.15) is 0 Å². The first-order valence-electron chi connectivity index (χ1n) is 8.74. The van der Waals surface area contributed by atoms with Crippen molar-refractivity contribution in [1.29, 1.82) is 0 Å². The Morgan fingerprint density at radius 1 is 1.09 bits per heavy atom. The zero-order valence-corrected chi connectivity index (χ0v) is 15.4. The molecule has 22 heavy (non-hydrogen) atoms. The van der Waals surface area contributed by atoms with Gasteiger partial charge in [0, 0.05) is 0 Å². The molecule has 0 N–H and O–H groups in total. The van der Waals surface area contributed by atoms with Crippen molar-refractivity contribution in [3.05, 3.63) is 41.5 Å². The van der Waals surface area contributed by atoms with Gasteiger partial charge in [-0.25, -0.2) is 0 Å². The van der Waals surface area contributed by atoms with Crippen molar-refractivity contribution in [3.63, 3.8) is 0 Å². The molecule has 0 amide bonds. The lowest BCUT2D eigenvalue weighted by Crippen LogP contribution is -2.27. The zero-order valence-electron chi connectivity index (χ0n) is 15.4. The summed E-state index contributed by atoms with van der Waals surface area (Å²) in [5.41, 5.74) is 2.73. The summed E-state index contributed by atoms with van der Waals surface area (Å²) in [6.07, 6.45) is 9.58. The van der Waals surface area contributed by atoms with E-state index in [-0.39, 0.29) is 5.60 Å². The molecule has 1 aromatic rings. The van der Waals surface area contributed by atoms with Crippen molar-refractivity contribution in [2.24, 2.45) is 0 Å². The Morgan fingerprint density at radius 2 is 1.82 bits per heavy atom. The first-order valence-corrected chi connectivity index (χ1v) is 8.74. The average molecular weight is 303 g/mol. The van der Waals surface area contributed by atoms with Crippen LogP contribution in [0.3, 0.4) is 0 Å². The van der Waals surface area contributed by atoms with Crippen LogP contribution in [0.4, 0.5) is 0 Å². The summed E-state index contributed by atoms with van der Waals surface area (Å²) in [7, 11) is 0. The zero-order chi connectivity index (χ0) is 16.6. The normalized spacial score (nSPS) is 12.7. The molecule has 0 aliphatic carbocycles. The van der Waals surface area contributed by atoms with Gasteiger partial charge in [-0.1, -0.05) is 56.7 Å². The van der Waals surface area contributed by atoms with E-state index in [4.69, 9.17) is 4.74 Å². The Morgan fingerprint density at radius 3 is 2.45 bits per heavy atom. The maximum Gasteiger partial charge on any atom is 0.0630 e. The quantitative estimate of drug-likeness (QED) is 0.468. The molecule has 0 saturated heterocycles. The molecule has 0 fully saturated rings. The van der Waals surface area contributed by atoms with E-state index >= 15 is 0 Å². The van der Waals surface area contributed by atoms with Crippen LogP contribution in [0, 0.1) is 0 Å². The highest BCUT2D eigenvalue weighted by Gasteiger charge is 2.18. The fourth-order valence-corrected chi connectivity index (χ4v) is 2.75. The summed E-state index contributed by atoms with van der Waals surface area (Å²) in [4.78, 5) is 0. The van der Waals surface area contributed by atoms with Gasteiger partial charge in [-0.3, -0.25) is 0 Å². The van der Waals surface area contributed by atoms with Crippen molar-refractivity contribution in [2.45, 2.75) is 84.8 Å². The molecule has 1 aromatic carbocycles. The highest BCUT2D eigenvalue weighted by molar-refractivity contribution is 5.50. The largest absolute Gasteiger partial charge is 0.373 e. The van der Waals surface area contributed by atoms with E-state index in [1.54, 1.807) is 0 Å². The van der Waals surface area contributed by atoms with Gasteiger partial charge in [0.2, 0.25) is 0 Å². The summed E-state index contributed by atoms with van der Waals surface area (Å²) in [6.45, 7) is 13.1. The van der Waals surface area contributed by atoms with E-state index in [2.05, 4.69) is 78.0 Å². The first-order chi connectivity index (χ1) is 10.3. The van der Waals surface area contributed by atoms with Gasteiger partial charge >= 0.3 is 0 Å². The standard InChI is InChI=1S/C21H34O/c1-17(2)20-14-11-13-19(16-20)12-9-7-8-10-15-21(5,6)22-18(3)4/h9,11-14,16-18H,7-8,10,15H2,1-6H3/b12-9+. The molecule has 0 aliphatic heterocycles. The van der Waals surface area contributed by atoms with Crippen molar-refractivity contribution in [1.82, 2.24) is 0 Å². The van der Waals surface area contributed by atoms with Crippen LogP contribution in [0.25, 0.3) is 6.08 Å². The van der Waals surface area contributed by atoms with Crippen LogP contribution in [-0.4, -0.2) is 11.7 Å². The van der Waals surface area contributed by atoms with E-state index in [0.29, 0.717) is 12.0 Å². The highest BCUT2D eigenvalue weighted by atomic mass is 16.5. The fraction of sp³-hybridized carbons (Fsp3) is 0.619. The Hall–Kier alpha value is -1.08. The second kappa shape index (κ2) is 9.15. The lowest BCUT2D eigenvalue weighted by atomic mass is 9.99. The van der Waals surface area contributed by atoms with Crippen LogP contribution in [0.2, 0.25) is 0 Å². The third kappa shape index (κ3) is 7.79. The highest BCUT2D eigenvalue weighted by Crippen LogP contribution is 2.21. The Kier molecular flexibility index (Phi) is 7.89. The molecule has 124 valence electrons. The summed E-state index contributed by atoms with van der Waals surface area (Å²) in [5, 5.41) is 0. The lowest BCUT2D eigenvalue weighted by Gasteiger charge is -2.27. The molecular weight excluding hydrogens is 268 g/mol. The van der Waals surface area contributed by atoms with E-state index in [0.717, 1.165) is 12.8 Å². The number of hydrogen-bond donors (Lipinski definition) is 0. The van der Waals surface area contributed by atoms with Crippen molar-refractivity contribution in [3.8, 4) is 0 Å². The maximum absolute atomic E-state index is 5.93. The van der Waals surface area contributed by atoms with Gasteiger partial charge in [0.25, 0.3) is 0 Å². The fourth-order valence-electron chi connectivity index (χ4n) is 2.75. The van der Waals surface area contributed by atoms with Gasteiger partial charge in [-0.05, 0) is 64.0 Å². The minimum atomic E-state index is 0.00345. The minimum absolute atomic E-state index is 0.00345. The van der Waals surface area contributed by atoms with Crippen LogP contribution in [-0.2, 0) is 4.74 Å².